The van der Waals surface area contributed by atoms with Gasteiger partial charge in [0, 0.05) is 4.90 Å². The maximum Gasteiger partial charge on any atom is 0.446 e. The number of carboxylic acids is 1. The summed E-state index contributed by atoms with van der Waals surface area (Å²) in [5, 5.41) is 9.02. The van der Waals surface area contributed by atoms with Crippen LogP contribution in [0.2, 0.25) is 5.02 Å². The van der Waals surface area contributed by atoms with Gasteiger partial charge in [-0.25, -0.2) is 0 Å². The molecule has 106 valence electrons. The van der Waals surface area contributed by atoms with Crippen LogP contribution in [0.15, 0.2) is 23.1 Å². The average Bonchev–Trinajstić information content (AvgIpc) is 2.19. The summed E-state index contributed by atoms with van der Waals surface area (Å²) >= 11 is 5.46. The number of alkyl halides is 3. The van der Waals surface area contributed by atoms with E-state index in [1.54, 1.807) is 13.8 Å². The number of carbonyl (C=O) groups is 1. The number of benzene rings is 1. The molecule has 1 N–H and O–H groups in total. The lowest BCUT2D eigenvalue weighted by molar-refractivity contribution is -0.139. The lowest BCUT2D eigenvalue weighted by atomic mass is 9.89. The fourth-order valence-corrected chi connectivity index (χ4v) is 2.58. The zero-order valence-corrected chi connectivity index (χ0v) is 11.7. The normalized spacial score (nSPS) is 13.6. The van der Waals surface area contributed by atoms with E-state index in [9.17, 15) is 18.0 Å². The number of rotatable bonds is 4. The van der Waals surface area contributed by atoms with Crippen molar-refractivity contribution in [3.05, 3.63) is 28.8 Å². The number of carboxylic acid groups (broad SMARTS) is 1. The first-order valence-corrected chi connectivity index (χ1v) is 6.59. The van der Waals surface area contributed by atoms with Gasteiger partial charge in [0.1, 0.15) is 0 Å². The Balaban J connectivity index is 3.08. The number of aliphatic carboxylic acids is 1. The molecule has 0 saturated heterocycles. The monoisotopic (exact) mass is 312 g/mol. The summed E-state index contributed by atoms with van der Waals surface area (Å²) in [6.07, 6.45) is 0. The molecule has 1 atom stereocenters. The van der Waals surface area contributed by atoms with Crippen LogP contribution in [0.4, 0.5) is 13.2 Å². The van der Waals surface area contributed by atoms with Gasteiger partial charge in [-0.15, -0.1) is 0 Å². The van der Waals surface area contributed by atoms with E-state index in [1.807, 2.05) is 0 Å². The Bertz CT molecular complexity index is 475. The molecule has 2 nitrogen and oxygen atoms in total. The molecular weight excluding hydrogens is 301 g/mol. The Morgan fingerprint density at radius 1 is 1.37 bits per heavy atom. The van der Waals surface area contributed by atoms with Gasteiger partial charge in [-0.1, -0.05) is 31.5 Å². The van der Waals surface area contributed by atoms with E-state index in [0.717, 1.165) is 0 Å². The van der Waals surface area contributed by atoms with Crippen LogP contribution < -0.4 is 0 Å². The standard InChI is InChI=1S/C12H12ClF3O2S/c1-6(2)10(11(17)18)7-3-4-9(8(13)5-7)19-12(14,15)16/h3-6,10H,1-2H3,(H,17,18). The van der Waals surface area contributed by atoms with Crippen molar-refractivity contribution in [2.24, 2.45) is 5.92 Å². The third-order valence-electron chi connectivity index (χ3n) is 2.47. The van der Waals surface area contributed by atoms with E-state index >= 15 is 0 Å². The molecule has 1 rings (SSSR count). The summed E-state index contributed by atoms with van der Waals surface area (Å²) in [6.45, 7) is 3.45. The average molecular weight is 313 g/mol. The Labute approximate surface area is 117 Å². The first kappa shape index (κ1) is 16.2. The maximum atomic E-state index is 12.2. The zero-order valence-electron chi connectivity index (χ0n) is 10.2. The number of thioether (sulfide) groups is 1. The summed E-state index contributed by atoms with van der Waals surface area (Å²) in [6, 6.07) is 3.86. The van der Waals surface area contributed by atoms with Gasteiger partial charge >= 0.3 is 11.5 Å². The maximum absolute atomic E-state index is 12.2. The van der Waals surface area contributed by atoms with Gasteiger partial charge in [0.15, 0.2) is 0 Å². The molecule has 0 spiro atoms. The number of hydrogen-bond acceptors (Lipinski definition) is 2. The molecule has 0 saturated carbocycles. The predicted octanol–water partition coefficient (Wildman–Crippen LogP) is 4.78. The van der Waals surface area contributed by atoms with Gasteiger partial charge in [0.25, 0.3) is 0 Å². The van der Waals surface area contributed by atoms with Gasteiger partial charge < -0.3 is 5.11 Å². The van der Waals surface area contributed by atoms with E-state index in [-0.39, 0.29) is 27.6 Å². The van der Waals surface area contributed by atoms with Crippen molar-refractivity contribution < 1.29 is 23.1 Å². The summed E-state index contributed by atoms with van der Waals surface area (Å²) in [5.41, 5.74) is -4.02. The summed E-state index contributed by atoms with van der Waals surface area (Å²) in [5.74, 6) is -2.00. The van der Waals surface area contributed by atoms with Crippen molar-refractivity contribution in [2.45, 2.75) is 30.2 Å². The molecule has 1 unspecified atom stereocenters. The minimum atomic E-state index is -4.42. The van der Waals surface area contributed by atoms with Gasteiger partial charge in [-0.3, -0.25) is 4.79 Å². The first-order chi connectivity index (χ1) is 8.61. The van der Waals surface area contributed by atoms with Crippen molar-refractivity contribution >= 4 is 29.3 Å². The van der Waals surface area contributed by atoms with Crippen molar-refractivity contribution in [2.75, 3.05) is 0 Å². The van der Waals surface area contributed by atoms with Crippen molar-refractivity contribution in [3.63, 3.8) is 0 Å². The molecular formula is C12H12ClF3O2S. The van der Waals surface area contributed by atoms with Crippen LogP contribution in [0, 0.1) is 5.92 Å². The Morgan fingerprint density at radius 3 is 2.32 bits per heavy atom. The van der Waals surface area contributed by atoms with E-state index in [2.05, 4.69) is 0 Å². The lowest BCUT2D eigenvalue weighted by Gasteiger charge is -2.17. The largest absolute Gasteiger partial charge is 0.481 e. The van der Waals surface area contributed by atoms with E-state index in [0.29, 0.717) is 5.56 Å². The zero-order chi connectivity index (χ0) is 14.8. The molecule has 0 amide bonds. The third-order valence-corrected chi connectivity index (χ3v) is 3.71. The van der Waals surface area contributed by atoms with E-state index in [4.69, 9.17) is 16.7 Å². The summed E-state index contributed by atoms with van der Waals surface area (Å²) < 4.78 is 36.7. The molecule has 0 aliphatic heterocycles. The molecule has 7 heteroatoms. The second-order valence-electron chi connectivity index (χ2n) is 4.30. The molecule has 19 heavy (non-hydrogen) atoms. The van der Waals surface area contributed by atoms with Crippen LogP contribution in [0.3, 0.4) is 0 Å². The fraction of sp³-hybridized carbons (Fsp3) is 0.417. The van der Waals surface area contributed by atoms with Crippen molar-refractivity contribution in [1.29, 1.82) is 0 Å². The van der Waals surface area contributed by atoms with Gasteiger partial charge in [-0.2, -0.15) is 13.2 Å². The third kappa shape index (κ3) is 4.62. The van der Waals surface area contributed by atoms with E-state index in [1.165, 1.54) is 18.2 Å². The van der Waals surface area contributed by atoms with Crippen molar-refractivity contribution in [3.8, 4) is 0 Å². The second kappa shape index (κ2) is 6.05. The molecule has 0 bridgehead atoms. The molecule has 0 aliphatic carbocycles. The minimum absolute atomic E-state index is 0.0910. The first-order valence-electron chi connectivity index (χ1n) is 5.40. The molecule has 0 heterocycles. The highest BCUT2D eigenvalue weighted by Gasteiger charge is 2.31. The molecule has 0 radical (unpaired) electrons. The quantitative estimate of drug-likeness (QED) is 0.813. The SMILES string of the molecule is CC(C)C(C(=O)O)c1ccc(SC(F)(F)F)c(Cl)c1. The number of halogens is 4. The lowest BCUT2D eigenvalue weighted by Crippen LogP contribution is -2.17. The van der Waals surface area contributed by atoms with Crippen LogP contribution in [0.25, 0.3) is 0 Å². The molecule has 1 aromatic rings. The van der Waals surface area contributed by atoms with Crippen molar-refractivity contribution in [1.82, 2.24) is 0 Å². The van der Waals surface area contributed by atoms with Crippen LogP contribution in [-0.4, -0.2) is 16.6 Å². The van der Waals surface area contributed by atoms with Gasteiger partial charge in [0.2, 0.25) is 0 Å². The van der Waals surface area contributed by atoms with Gasteiger partial charge in [-0.05, 0) is 35.4 Å². The Kier molecular flexibility index (Phi) is 5.15. The van der Waals surface area contributed by atoms with Crippen LogP contribution in [-0.2, 0) is 4.79 Å². The topological polar surface area (TPSA) is 37.3 Å². The molecule has 0 fully saturated rings. The fourth-order valence-electron chi connectivity index (χ4n) is 1.73. The van der Waals surface area contributed by atoms with E-state index < -0.39 is 17.4 Å². The summed E-state index contributed by atoms with van der Waals surface area (Å²) in [7, 11) is 0. The molecule has 0 aliphatic rings. The van der Waals surface area contributed by atoms with Crippen LogP contribution in [0.5, 0.6) is 0 Å². The Hall–Kier alpha value is -0.880. The predicted molar refractivity (Wildman–Crippen MR) is 68.6 cm³/mol. The Morgan fingerprint density at radius 2 is 1.95 bits per heavy atom. The summed E-state index contributed by atoms with van der Waals surface area (Å²) in [4.78, 5) is 11.0. The highest BCUT2D eigenvalue weighted by molar-refractivity contribution is 8.00. The van der Waals surface area contributed by atoms with Crippen LogP contribution >= 0.6 is 23.4 Å². The number of hydrogen-bond donors (Lipinski definition) is 1. The second-order valence-corrected chi connectivity index (χ2v) is 5.81. The minimum Gasteiger partial charge on any atom is -0.481 e. The molecule has 0 aromatic heterocycles. The van der Waals surface area contributed by atoms with Gasteiger partial charge in [0.05, 0.1) is 10.9 Å². The smallest absolute Gasteiger partial charge is 0.446 e. The highest BCUT2D eigenvalue weighted by atomic mass is 35.5. The molecule has 1 aromatic carbocycles. The van der Waals surface area contributed by atoms with Crippen LogP contribution in [0.1, 0.15) is 25.3 Å². The highest BCUT2D eigenvalue weighted by Crippen LogP contribution is 2.41.